The van der Waals surface area contributed by atoms with E-state index in [0.29, 0.717) is 32.0 Å². The van der Waals surface area contributed by atoms with E-state index in [2.05, 4.69) is 20.6 Å². The van der Waals surface area contributed by atoms with Crippen LogP contribution in [0.1, 0.15) is 12.8 Å². The van der Waals surface area contributed by atoms with Crippen molar-refractivity contribution < 1.29 is 14.2 Å². The highest BCUT2D eigenvalue weighted by atomic mass is 19.1. The molecule has 1 aliphatic rings. The molecule has 2 rings (SSSR count). The molecule has 0 aliphatic carbocycles. The summed E-state index contributed by atoms with van der Waals surface area (Å²) < 4.78 is 18.9. The number of hydrogen-bond acceptors (Lipinski definition) is 6. The van der Waals surface area contributed by atoms with Gasteiger partial charge in [-0.25, -0.2) is 9.37 Å². The third-order valence-electron chi connectivity index (χ3n) is 3.10. The second kappa shape index (κ2) is 5.45. The summed E-state index contributed by atoms with van der Waals surface area (Å²) in [6, 6.07) is 0. The van der Waals surface area contributed by atoms with Gasteiger partial charge >= 0.3 is 0 Å². The Bertz CT molecular complexity index is 410. The summed E-state index contributed by atoms with van der Waals surface area (Å²) in [6.45, 7) is 0.993. The van der Waals surface area contributed by atoms with Crippen LogP contribution >= 0.6 is 0 Å². The van der Waals surface area contributed by atoms with Crippen LogP contribution in [0.15, 0.2) is 6.20 Å². The quantitative estimate of drug-likeness (QED) is 0.732. The van der Waals surface area contributed by atoms with Crippen LogP contribution in [0, 0.1) is 5.82 Å². The Morgan fingerprint density at radius 3 is 2.83 bits per heavy atom. The molecule has 2 heterocycles. The van der Waals surface area contributed by atoms with Gasteiger partial charge in [-0.3, -0.25) is 0 Å². The summed E-state index contributed by atoms with van der Waals surface area (Å²) in [5, 5.41) is 15.3. The Labute approximate surface area is 105 Å². The molecule has 0 amide bonds. The summed E-state index contributed by atoms with van der Waals surface area (Å²) in [6.07, 6.45) is 2.33. The summed E-state index contributed by atoms with van der Waals surface area (Å²) >= 11 is 0. The number of aromatic nitrogens is 2. The molecule has 0 saturated carbocycles. The molecule has 100 valence electrons. The minimum atomic E-state index is -0.571. The number of nitrogens with zero attached hydrogens (tertiary/aromatic N) is 2. The molecular formula is C11H17FN4O2. The first kappa shape index (κ1) is 13.0. The van der Waals surface area contributed by atoms with Crippen LogP contribution in [0.2, 0.25) is 0 Å². The zero-order valence-corrected chi connectivity index (χ0v) is 10.2. The third-order valence-corrected chi connectivity index (χ3v) is 3.10. The lowest BCUT2D eigenvalue weighted by atomic mass is 9.91. The molecule has 1 aromatic rings. The number of aliphatic hydroxyl groups is 1. The predicted octanol–water partition coefficient (Wildman–Crippen LogP) is 0.611. The maximum Gasteiger partial charge on any atom is 0.224 e. The SMILES string of the molecule is CNc1ncc(F)c(NC2(CO)CCOCC2)n1. The lowest BCUT2D eigenvalue weighted by Gasteiger charge is -2.36. The number of nitrogens with one attached hydrogen (secondary N) is 2. The summed E-state index contributed by atoms with van der Waals surface area (Å²) in [5.41, 5.74) is -0.571. The number of aliphatic hydroxyl groups excluding tert-OH is 1. The van der Waals surface area contributed by atoms with E-state index in [0.717, 1.165) is 6.20 Å². The minimum absolute atomic E-state index is 0.0886. The van der Waals surface area contributed by atoms with E-state index in [9.17, 15) is 9.50 Å². The van der Waals surface area contributed by atoms with Crippen molar-refractivity contribution in [2.75, 3.05) is 37.5 Å². The van der Waals surface area contributed by atoms with Gasteiger partial charge in [0, 0.05) is 20.3 Å². The highest BCUT2D eigenvalue weighted by Gasteiger charge is 2.33. The van der Waals surface area contributed by atoms with Gasteiger partial charge < -0.3 is 20.5 Å². The Morgan fingerprint density at radius 2 is 2.22 bits per heavy atom. The molecule has 1 aromatic heterocycles. The fraction of sp³-hybridized carbons (Fsp3) is 0.636. The highest BCUT2D eigenvalue weighted by Crippen LogP contribution is 2.26. The molecule has 1 saturated heterocycles. The number of hydrogen-bond donors (Lipinski definition) is 3. The predicted molar refractivity (Wildman–Crippen MR) is 65.0 cm³/mol. The lowest BCUT2D eigenvalue weighted by Crippen LogP contribution is -2.47. The molecule has 3 N–H and O–H groups in total. The first-order valence-corrected chi connectivity index (χ1v) is 5.86. The van der Waals surface area contributed by atoms with E-state index >= 15 is 0 Å². The highest BCUT2D eigenvalue weighted by molar-refractivity contribution is 5.43. The normalized spacial score (nSPS) is 18.4. The second-order valence-electron chi connectivity index (χ2n) is 4.32. The fourth-order valence-electron chi connectivity index (χ4n) is 1.91. The van der Waals surface area contributed by atoms with E-state index in [1.54, 1.807) is 7.05 Å². The van der Waals surface area contributed by atoms with Crippen LogP contribution in [0.3, 0.4) is 0 Å². The molecular weight excluding hydrogens is 239 g/mol. The fourth-order valence-corrected chi connectivity index (χ4v) is 1.91. The number of ether oxygens (including phenoxy) is 1. The number of rotatable bonds is 4. The maximum atomic E-state index is 13.6. The smallest absolute Gasteiger partial charge is 0.224 e. The molecule has 7 heteroatoms. The number of halogens is 1. The van der Waals surface area contributed by atoms with Gasteiger partial charge in [-0.15, -0.1) is 0 Å². The van der Waals surface area contributed by atoms with Gasteiger partial charge in [0.25, 0.3) is 0 Å². The van der Waals surface area contributed by atoms with Crippen LogP contribution in [0.25, 0.3) is 0 Å². The third kappa shape index (κ3) is 2.68. The first-order valence-electron chi connectivity index (χ1n) is 5.86. The van der Waals surface area contributed by atoms with E-state index in [-0.39, 0.29) is 12.4 Å². The summed E-state index contributed by atoms with van der Waals surface area (Å²) in [4.78, 5) is 7.79. The Morgan fingerprint density at radius 1 is 1.50 bits per heavy atom. The van der Waals surface area contributed by atoms with Crippen LogP contribution in [-0.4, -0.2) is 47.5 Å². The van der Waals surface area contributed by atoms with E-state index in [4.69, 9.17) is 4.74 Å². The number of anilines is 2. The van der Waals surface area contributed by atoms with Crippen molar-refractivity contribution in [2.45, 2.75) is 18.4 Å². The molecule has 1 fully saturated rings. The summed E-state index contributed by atoms with van der Waals surface area (Å²) in [5.74, 6) is -0.0994. The van der Waals surface area contributed by atoms with Gasteiger partial charge in [-0.1, -0.05) is 0 Å². The second-order valence-corrected chi connectivity index (χ2v) is 4.32. The van der Waals surface area contributed by atoms with Gasteiger partial charge in [-0.2, -0.15) is 4.98 Å². The molecule has 0 spiro atoms. The lowest BCUT2D eigenvalue weighted by molar-refractivity contribution is 0.0377. The van der Waals surface area contributed by atoms with E-state index in [1.165, 1.54) is 0 Å². The van der Waals surface area contributed by atoms with Crippen LogP contribution in [0.4, 0.5) is 16.2 Å². The van der Waals surface area contributed by atoms with Gasteiger partial charge in [0.15, 0.2) is 11.6 Å². The summed E-state index contributed by atoms with van der Waals surface area (Å²) in [7, 11) is 1.66. The largest absolute Gasteiger partial charge is 0.394 e. The van der Waals surface area contributed by atoms with Crippen molar-refractivity contribution >= 4 is 11.8 Å². The van der Waals surface area contributed by atoms with Gasteiger partial charge in [-0.05, 0) is 12.8 Å². The topological polar surface area (TPSA) is 79.3 Å². The first-order chi connectivity index (χ1) is 8.69. The van der Waals surface area contributed by atoms with Crippen LogP contribution in [-0.2, 0) is 4.74 Å². The molecule has 0 atom stereocenters. The minimum Gasteiger partial charge on any atom is -0.394 e. The molecule has 0 radical (unpaired) electrons. The molecule has 0 aromatic carbocycles. The average molecular weight is 256 g/mol. The van der Waals surface area contributed by atoms with Crippen LogP contribution < -0.4 is 10.6 Å². The Hall–Kier alpha value is -1.47. The monoisotopic (exact) mass is 256 g/mol. The van der Waals surface area contributed by atoms with Crippen molar-refractivity contribution in [3.63, 3.8) is 0 Å². The van der Waals surface area contributed by atoms with Crippen molar-refractivity contribution in [2.24, 2.45) is 0 Å². The average Bonchev–Trinajstić information content (AvgIpc) is 2.42. The van der Waals surface area contributed by atoms with Crippen molar-refractivity contribution in [1.29, 1.82) is 0 Å². The zero-order chi connectivity index (χ0) is 13.0. The molecule has 18 heavy (non-hydrogen) atoms. The van der Waals surface area contributed by atoms with E-state index < -0.39 is 11.4 Å². The van der Waals surface area contributed by atoms with Crippen LogP contribution in [0.5, 0.6) is 0 Å². The zero-order valence-electron chi connectivity index (χ0n) is 10.2. The molecule has 0 unspecified atom stereocenters. The standard InChI is InChI=1S/C11H17FN4O2/c1-13-10-14-6-8(12)9(15-10)16-11(7-17)2-4-18-5-3-11/h6,17H,2-5,7H2,1H3,(H2,13,14,15,16). The Kier molecular flexibility index (Phi) is 3.93. The van der Waals surface area contributed by atoms with Gasteiger partial charge in [0.2, 0.25) is 5.95 Å². The van der Waals surface area contributed by atoms with Gasteiger partial charge in [0.05, 0.1) is 18.3 Å². The van der Waals surface area contributed by atoms with Crippen molar-refractivity contribution in [3.8, 4) is 0 Å². The molecule has 0 bridgehead atoms. The van der Waals surface area contributed by atoms with Crippen molar-refractivity contribution in [1.82, 2.24) is 9.97 Å². The van der Waals surface area contributed by atoms with E-state index in [1.807, 2.05) is 0 Å². The Balaban J connectivity index is 2.20. The maximum absolute atomic E-state index is 13.6. The molecule has 1 aliphatic heterocycles. The molecule has 6 nitrogen and oxygen atoms in total. The van der Waals surface area contributed by atoms with Gasteiger partial charge in [0.1, 0.15) is 0 Å². The van der Waals surface area contributed by atoms with Crippen molar-refractivity contribution in [3.05, 3.63) is 12.0 Å².